The van der Waals surface area contributed by atoms with E-state index in [1.54, 1.807) is 14.1 Å². The summed E-state index contributed by atoms with van der Waals surface area (Å²) < 4.78 is 10.3. The number of fused-ring (bicyclic) bond motifs is 2. The average molecular weight is 507 g/mol. The van der Waals surface area contributed by atoms with E-state index in [4.69, 9.17) is 9.47 Å². The van der Waals surface area contributed by atoms with Gasteiger partial charge in [0.1, 0.15) is 0 Å². The van der Waals surface area contributed by atoms with Crippen molar-refractivity contribution in [2.45, 2.75) is 54.4 Å². The highest BCUT2D eigenvalue weighted by molar-refractivity contribution is 5.82. The van der Waals surface area contributed by atoms with Crippen molar-refractivity contribution in [2.24, 2.45) is 5.41 Å². The van der Waals surface area contributed by atoms with Gasteiger partial charge >= 0.3 is 0 Å². The summed E-state index contributed by atoms with van der Waals surface area (Å²) in [7, 11) is 3.45. The van der Waals surface area contributed by atoms with Gasteiger partial charge in [0.2, 0.25) is 12.7 Å². The molecule has 0 saturated carbocycles. The lowest BCUT2D eigenvalue weighted by Crippen LogP contribution is -2.39. The highest BCUT2D eigenvalue weighted by Crippen LogP contribution is 2.32. The van der Waals surface area contributed by atoms with Crippen LogP contribution in [0.3, 0.4) is 0 Å². The van der Waals surface area contributed by atoms with E-state index in [1.807, 2.05) is 25.1 Å². The van der Waals surface area contributed by atoms with Crippen LogP contribution in [0.1, 0.15) is 51.7 Å². The smallest absolute Gasteiger partial charge is 0.231 e. The number of aryl methyl sites for hydroxylation is 2. The Balaban J connectivity index is 0.000000177. The zero-order valence-corrected chi connectivity index (χ0v) is 24.1. The van der Waals surface area contributed by atoms with Crippen molar-refractivity contribution in [3.63, 3.8) is 0 Å². The number of hydrogen-bond donors (Lipinski definition) is 0. The van der Waals surface area contributed by atoms with Crippen LogP contribution in [0.15, 0.2) is 60.7 Å². The Morgan fingerprint density at radius 2 is 1.51 bits per heavy atom. The van der Waals surface area contributed by atoms with E-state index < -0.39 is 0 Å². The summed E-state index contributed by atoms with van der Waals surface area (Å²) in [6.45, 7) is 16.9. The predicted molar refractivity (Wildman–Crippen MR) is 155 cm³/mol. The Kier molecular flexibility index (Phi) is 11.9. The first-order valence-corrected chi connectivity index (χ1v) is 13.2. The molecule has 0 unspecified atom stereocenters. The fourth-order valence-corrected chi connectivity index (χ4v) is 4.13. The van der Waals surface area contributed by atoms with E-state index in [0.29, 0.717) is 12.2 Å². The van der Waals surface area contributed by atoms with Crippen LogP contribution in [-0.2, 0) is 4.79 Å². The van der Waals surface area contributed by atoms with Gasteiger partial charge in [-0.15, -0.1) is 0 Å². The van der Waals surface area contributed by atoms with Gasteiger partial charge < -0.3 is 19.3 Å². The standard InChI is InChI=1S/C11H10.C9H19N.C8H8O2.C4H9NO/c1-9-6-7-10-4-2-3-5-11(10)8-9;1-4-10-7-5-6-9(2,3)8-10;1-6-2-3-7-8(4-6)10-5-9-7;1-4(6)5(2)3/h2-8H,1H3;4-8H2,1-3H3;2-4H,5H2,1H3;1-3H3. The monoisotopic (exact) mass is 506 g/mol. The van der Waals surface area contributed by atoms with E-state index in [9.17, 15) is 4.79 Å². The lowest BCUT2D eigenvalue weighted by Gasteiger charge is -2.37. The van der Waals surface area contributed by atoms with Gasteiger partial charge in [0.15, 0.2) is 11.5 Å². The van der Waals surface area contributed by atoms with E-state index in [2.05, 4.69) is 75.1 Å². The summed E-state index contributed by atoms with van der Waals surface area (Å²) in [5.41, 5.74) is 3.10. The zero-order valence-electron chi connectivity index (χ0n) is 24.1. The fourth-order valence-electron chi connectivity index (χ4n) is 4.13. The van der Waals surface area contributed by atoms with Crippen molar-refractivity contribution in [3.8, 4) is 11.5 Å². The Morgan fingerprint density at radius 3 is 2.11 bits per heavy atom. The van der Waals surface area contributed by atoms with E-state index in [-0.39, 0.29) is 5.91 Å². The second-order valence-electron chi connectivity index (χ2n) is 10.8. The number of rotatable bonds is 1. The Bertz CT molecular complexity index is 1120. The van der Waals surface area contributed by atoms with E-state index in [0.717, 1.165) is 11.5 Å². The molecule has 37 heavy (non-hydrogen) atoms. The largest absolute Gasteiger partial charge is 0.454 e. The minimum absolute atomic E-state index is 0.0926. The molecule has 5 heteroatoms. The molecule has 0 bridgehead atoms. The highest BCUT2D eigenvalue weighted by atomic mass is 16.7. The van der Waals surface area contributed by atoms with E-state index in [1.165, 1.54) is 66.2 Å². The van der Waals surface area contributed by atoms with Crippen LogP contribution in [0, 0.1) is 19.3 Å². The molecule has 2 aliphatic heterocycles. The van der Waals surface area contributed by atoms with Crippen molar-refractivity contribution in [1.82, 2.24) is 9.80 Å². The predicted octanol–water partition coefficient (Wildman–Crippen LogP) is 7.09. The van der Waals surface area contributed by atoms with Crippen LogP contribution in [0.25, 0.3) is 10.8 Å². The second kappa shape index (κ2) is 14.6. The minimum atomic E-state index is 0.0926. The first-order chi connectivity index (χ1) is 17.5. The van der Waals surface area contributed by atoms with Gasteiger partial charge in [-0.25, -0.2) is 0 Å². The molecule has 0 aromatic heterocycles. The Labute approximate surface area is 224 Å². The molecule has 1 fully saturated rings. The van der Waals surface area contributed by atoms with Gasteiger partial charge in [0, 0.05) is 27.6 Å². The number of nitrogens with zero attached hydrogens (tertiary/aromatic N) is 2. The normalized spacial score (nSPS) is 15.2. The van der Waals surface area contributed by atoms with E-state index >= 15 is 0 Å². The van der Waals surface area contributed by atoms with Gasteiger partial charge in [-0.05, 0) is 73.7 Å². The molecule has 1 amide bonds. The maximum absolute atomic E-state index is 10.1. The first kappa shape index (κ1) is 30.2. The van der Waals surface area contributed by atoms with Crippen LogP contribution in [0.4, 0.5) is 0 Å². The van der Waals surface area contributed by atoms with Crippen LogP contribution in [0.5, 0.6) is 11.5 Å². The van der Waals surface area contributed by atoms with Crippen LogP contribution < -0.4 is 9.47 Å². The molecule has 3 aromatic carbocycles. The summed E-state index contributed by atoms with van der Waals surface area (Å²) in [6, 6.07) is 20.8. The molecule has 0 aliphatic carbocycles. The zero-order chi connectivity index (χ0) is 27.4. The van der Waals surface area contributed by atoms with Crippen LogP contribution >= 0.6 is 0 Å². The Hall–Kier alpha value is -3.05. The third-order valence-electron chi connectivity index (χ3n) is 6.49. The molecule has 2 aliphatic rings. The molecule has 0 spiro atoms. The molecule has 202 valence electrons. The summed E-state index contributed by atoms with van der Waals surface area (Å²) in [6.07, 6.45) is 2.80. The van der Waals surface area contributed by atoms with Crippen LogP contribution in [-0.4, -0.2) is 56.2 Å². The van der Waals surface area contributed by atoms with Gasteiger partial charge in [0.05, 0.1) is 0 Å². The number of hydrogen-bond acceptors (Lipinski definition) is 4. The van der Waals surface area contributed by atoms with Crippen molar-refractivity contribution in [2.75, 3.05) is 40.5 Å². The fraction of sp³-hybridized carbons (Fsp3) is 0.469. The SMILES string of the molecule is CC(=O)N(C)C.CCN1CCCC(C)(C)C1.Cc1ccc2c(c1)OCO2.Cc1ccc2ccccc2c1. The van der Waals surface area contributed by atoms with Crippen molar-refractivity contribution < 1.29 is 14.3 Å². The Morgan fingerprint density at radius 1 is 0.919 bits per heavy atom. The summed E-state index contributed by atoms with van der Waals surface area (Å²) >= 11 is 0. The average Bonchev–Trinajstić information content (AvgIpc) is 3.32. The lowest BCUT2D eigenvalue weighted by molar-refractivity contribution is -0.126. The number of likely N-dealkylation sites (tertiary alicyclic amines) is 1. The number of benzene rings is 3. The third kappa shape index (κ3) is 10.8. The molecule has 1 saturated heterocycles. The molecule has 0 radical (unpaired) electrons. The third-order valence-corrected chi connectivity index (χ3v) is 6.49. The first-order valence-electron chi connectivity index (χ1n) is 13.2. The summed E-state index contributed by atoms with van der Waals surface area (Å²) in [4.78, 5) is 14.1. The number of amides is 1. The molecule has 0 atom stereocenters. The molecule has 5 rings (SSSR count). The molecule has 5 nitrogen and oxygen atoms in total. The second-order valence-corrected chi connectivity index (χ2v) is 10.8. The molecular formula is C32H46N2O3. The number of carbonyl (C=O) groups is 1. The maximum Gasteiger partial charge on any atom is 0.231 e. The van der Waals surface area contributed by atoms with Gasteiger partial charge in [-0.2, -0.15) is 0 Å². The maximum atomic E-state index is 10.1. The van der Waals surface area contributed by atoms with Crippen LogP contribution in [0.2, 0.25) is 0 Å². The quantitative estimate of drug-likeness (QED) is 0.353. The molecular weight excluding hydrogens is 460 g/mol. The van der Waals surface area contributed by atoms with Gasteiger partial charge in [0.25, 0.3) is 0 Å². The number of carbonyl (C=O) groups excluding carboxylic acids is 1. The van der Waals surface area contributed by atoms with Crippen molar-refractivity contribution >= 4 is 16.7 Å². The summed E-state index contributed by atoms with van der Waals surface area (Å²) in [5, 5.41) is 2.64. The molecule has 3 aromatic rings. The van der Waals surface area contributed by atoms with Crippen molar-refractivity contribution in [3.05, 3.63) is 71.8 Å². The van der Waals surface area contributed by atoms with Crippen molar-refractivity contribution in [1.29, 1.82) is 0 Å². The molecule has 0 N–H and O–H groups in total. The topological polar surface area (TPSA) is 42.0 Å². The number of piperidine rings is 1. The minimum Gasteiger partial charge on any atom is -0.454 e. The summed E-state index contributed by atoms with van der Waals surface area (Å²) in [5.74, 6) is 1.81. The lowest BCUT2D eigenvalue weighted by atomic mass is 9.84. The number of ether oxygens (including phenoxy) is 2. The van der Waals surface area contributed by atoms with Gasteiger partial charge in [-0.1, -0.05) is 74.9 Å². The van der Waals surface area contributed by atoms with Gasteiger partial charge in [-0.3, -0.25) is 4.79 Å². The highest BCUT2D eigenvalue weighted by Gasteiger charge is 2.24. The molecule has 2 heterocycles.